The zero-order chi connectivity index (χ0) is 17.5. The maximum absolute atomic E-state index is 10.2. The van der Waals surface area contributed by atoms with E-state index in [-0.39, 0.29) is 29.5 Å². The Kier molecular flexibility index (Phi) is 10.1. The number of halogens is 1. The molecule has 0 radical (unpaired) electrons. The first kappa shape index (κ1) is 23.4. The van der Waals surface area contributed by atoms with Crippen LogP contribution in [-0.4, -0.2) is 29.9 Å². The van der Waals surface area contributed by atoms with Crippen molar-refractivity contribution in [1.82, 2.24) is 5.32 Å². The maximum Gasteiger partial charge on any atom is 0.0898 e. The topological polar surface area (TPSA) is 41.5 Å². The van der Waals surface area contributed by atoms with Gasteiger partial charge in [-0.2, -0.15) is 0 Å². The molecule has 0 saturated carbocycles. The molecule has 4 heteroatoms. The van der Waals surface area contributed by atoms with Gasteiger partial charge in [-0.1, -0.05) is 58.0 Å². The summed E-state index contributed by atoms with van der Waals surface area (Å²) in [6, 6.07) is 10.2. The summed E-state index contributed by atoms with van der Waals surface area (Å²) in [6.45, 7) is 14.1. The fraction of sp³-hybridized carbons (Fsp3) is 0.700. The Morgan fingerprint density at radius 1 is 1.08 bits per heavy atom. The molecule has 2 atom stereocenters. The average Bonchev–Trinajstić information content (AvgIpc) is 2.44. The minimum Gasteiger partial charge on any atom is -0.389 e. The van der Waals surface area contributed by atoms with E-state index in [9.17, 15) is 5.11 Å². The highest BCUT2D eigenvalue weighted by molar-refractivity contribution is 5.85. The Labute approximate surface area is 154 Å². The van der Waals surface area contributed by atoms with Crippen molar-refractivity contribution in [2.75, 3.05) is 13.2 Å². The second kappa shape index (κ2) is 10.4. The maximum atomic E-state index is 10.2. The van der Waals surface area contributed by atoms with Crippen LogP contribution in [0.1, 0.15) is 66.1 Å². The molecule has 2 unspecified atom stereocenters. The van der Waals surface area contributed by atoms with Crippen molar-refractivity contribution in [2.45, 2.75) is 72.1 Å². The summed E-state index contributed by atoms with van der Waals surface area (Å²) < 4.78 is 5.92. The number of hydrogen-bond donors (Lipinski definition) is 2. The molecule has 2 N–H and O–H groups in total. The molecule has 0 spiro atoms. The second-order valence-corrected chi connectivity index (χ2v) is 8.30. The van der Waals surface area contributed by atoms with Crippen molar-refractivity contribution in [3.63, 3.8) is 0 Å². The molecule has 0 heterocycles. The minimum absolute atomic E-state index is 0. The smallest absolute Gasteiger partial charge is 0.0898 e. The van der Waals surface area contributed by atoms with Crippen LogP contribution < -0.4 is 5.32 Å². The van der Waals surface area contributed by atoms with Crippen LogP contribution >= 0.6 is 12.4 Å². The molecule has 3 nitrogen and oxygen atoms in total. The van der Waals surface area contributed by atoms with Crippen LogP contribution in [-0.2, 0) is 4.74 Å². The number of nitrogens with one attached hydrogen (secondary N) is 1. The summed E-state index contributed by atoms with van der Waals surface area (Å²) in [7, 11) is 0. The Morgan fingerprint density at radius 2 is 1.67 bits per heavy atom. The van der Waals surface area contributed by atoms with Gasteiger partial charge in [-0.15, -0.1) is 12.4 Å². The van der Waals surface area contributed by atoms with Crippen LogP contribution in [0.3, 0.4) is 0 Å². The lowest BCUT2D eigenvalue weighted by Crippen LogP contribution is -2.46. The normalized spacial score (nSPS) is 14.8. The van der Waals surface area contributed by atoms with E-state index in [1.165, 1.54) is 5.56 Å². The molecule has 0 bridgehead atoms. The minimum atomic E-state index is -0.494. The SMILES string of the molecule is CCC(OCC(O)CNC(C)(C)CC(C)(C)C)c1ccccc1.Cl. The van der Waals surface area contributed by atoms with Gasteiger partial charge in [-0.25, -0.2) is 0 Å². The summed E-state index contributed by atoms with van der Waals surface area (Å²) in [4.78, 5) is 0. The van der Waals surface area contributed by atoms with Crippen molar-refractivity contribution in [3.05, 3.63) is 35.9 Å². The Hall–Kier alpha value is -0.610. The van der Waals surface area contributed by atoms with Gasteiger partial charge >= 0.3 is 0 Å². The van der Waals surface area contributed by atoms with Crippen molar-refractivity contribution in [2.24, 2.45) is 5.41 Å². The standard InChI is InChI=1S/C20H35NO2.ClH/c1-7-18(16-11-9-8-10-12-16)23-14-17(22)13-21-20(5,6)15-19(2,3)4;/h8-12,17-18,21-22H,7,13-15H2,1-6H3;1H. The zero-order valence-electron chi connectivity index (χ0n) is 16.1. The predicted octanol–water partition coefficient (Wildman–Crippen LogP) is 4.74. The van der Waals surface area contributed by atoms with Gasteiger partial charge in [-0.05, 0) is 37.7 Å². The molecular weight excluding hydrogens is 322 g/mol. The van der Waals surface area contributed by atoms with Gasteiger partial charge in [0.05, 0.1) is 18.8 Å². The lowest BCUT2D eigenvalue weighted by molar-refractivity contribution is -0.0139. The molecule has 0 saturated heterocycles. The summed E-state index contributed by atoms with van der Waals surface area (Å²) in [5, 5.41) is 13.7. The lowest BCUT2D eigenvalue weighted by Gasteiger charge is -2.34. The van der Waals surface area contributed by atoms with Crippen molar-refractivity contribution in [3.8, 4) is 0 Å². The zero-order valence-corrected chi connectivity index (χ0v) is 17.0. The third kappa shape index (κ3) is 9.63. The van der Waals surface area contributed by atoms with E-state index in [1.54, 1.807) is 0 Å². The van der Waals surface area contributed by atoms with Crippen LogP contribution in [0.4, 0.5) is 0 Å². The predicted molar refractivity (Wildman–Crippen MR) is 105 cm³/mol. The number of benzene rings is 1. The number of hydrogen-bond acceptors (Lipinski definition) is 3. The highest BCUT2D eigenvalue weighted by Crippen LogP contribution is 2.26. The van der Waals surface area contributed by atoms with Gasteiger partial charge in [0, 0.05) is 12.1 Å². The highest BCUT2D eigenvalue weighted by Gasteiger charge is 2.25. The molecule has 1 aromatic carbocycles. The summed E-state index contributed by atoms with van der Waals surface area (Å²) in [6.07, 6.45) is 1.51. The van der Waals surface area contributed by atoms with Crippen LogP contribution in [0, 0.1) is 5.41 Å². The number of aliphatic hydroxyl groups excluding tert-OH is 1. The van der Waals surface area contributed by atoms with Crippen LogP contribution in [0.2, 0.25) is 0 Å². The number of aliphatic hydroxyl groups is 1. The molecule has 0 aliphatic carbocycles. The monoisotopic (exact) mass is 357 g/mol. The fourth-order valence-electron chi connectivity index (χ4n) is 3.19. The van der Waals surface area contributed by atoms with Crippen molar-refractivity contribution >= 4 is 12.4 Å². The largest absolute Gasteiger partial charge is 0.389 e. The van der Waals surface area contributed by atoms with Gasteiger partial charge in [0.15, 0.2) is 0 Å². The average molecular weight is 358 g/mol. The molecule has 0 fully saturated rings. The van der Waals surface area contributed by atoms with E-state index in [4.69, 9.17) is 4.74 Å². The lowest BCUT2D eigenvalue weighted by atomic mass is 9.82. The fourth-order valence-corrected chi connectivity index (χ4v) is 3.19. The second-order valence-electron chi connectivity index (χ2n) is 8.30. The van der Waals surface area contributed by atoms with Gasteiger partial charge in [0.25, 0.3) is 0 Å². The third-order valence-electron chi connectivity index (χ3n) is 3.82. The quantitative estimate of drug-likeness (QED) is 0.670. The summed E-state index contributed by atoms with van der Waals surface area (Å²) in [5.41, 5.74) is 1.43. The molecule has 1 aromatic rings. The number of rotatable bonds is 9. The Balaban J connectivity index is 0.00000529. The number of β-amino-alcohol motifs (C(OH)–C–C–N with tert-alkyl or cyclic N) is 1. The molecule has 0 aliphatic heterocycles. The van der Waals surface area contributed by atoms with E-state index < -0.39 is 6.10 Å². The molecule has 1 rings (SSSR count). The van der Waals surface area contributed by atoms with E-state index in [2.05, 4.69) is 59.0 Å². The van der Waals surface area contributed by atoms with Crippen LogP contribution in [0.5, 0.6) is 0 Å². The summed E-state index contributed by atoms with van der Waals surface area (Å²) >= 11 is 0. The van der Waals surface area contributed by atoms with Crippen LogP contribution in [0.15, 0.2) is 30.3 Å². The first-order chi connectivity index (χ1) is 10.6. The van der Waals surface area contributed by atoms with Gasteiger partial charge < -0.3 is 15.2 Å². The van der Waals surface area contributed by atoms with E-state index in [1.807, 2.05) is 18.2 Å². The Morgan fingerprint density at radius 3 is 2.17 bits per heavy atom. The molecule has 0 aliphatic rings. The molecule has 0 amide bonds. The van der Waals surface area contributed by atoms with Gasteiger partial charge in [0.1, 0.15) is 0 Å². The molecule has 140 valence electrons. The number of ether oxygens (including phenoxy) is 1. The highest BCUT2D eigenvalue weighted by atomic mass is 35.5. The van der Waals surface area contributed by atoms with E-state index in [0.717, 1.165) is 12.8 Å². The van der Waals surface area contributed by atoms with E-state index >= 15 is 0 Å². The molecule has 0 aromatic heterocycles. The summed E-state index contributed by atoms with van der Waals surface area (Å²) in [5.74, 6) is 0. The first-order valence-electron chi connectivity index (χ1n) is 8.72. The van der Waals surface area contributed by atoms with E-state index in [0.29, 0.717) is 13.2 Å². The molecular formula is C20H36ClNO2. The first-order valence-corrected chi connectivity index (χ1v) is 8.72. The van der Waals surface area contributed by atoms with Crippen molar-refractivity contribution < 1.29 is 9.84 Å². The van der Waals surface area contributed by atoms with Gasteiger partial charge in [-0.3, -0.25) is 0 Å². The van der Waals surface area contributed by atoms with Crippen molar-refractivity contribution in [1.29, 1.82) is 0 Å². The third-order valence-corrected chi connectivity index (χ3v) is 3.82. The van der Waals surface area contributed by atoms with Crippen LogP contribution in [0.25, 0.3) is 0 Å². The molecule has 24 heavy (non-hydrogen) atoms. The Bertz CT molecular complexity index is 443. The van der Waals surface area contributed by atoms with Gasteiger partial charge in [0.2, 0.25) is 0 Å².